The van der Waals surface area contributed by atoms with E-state index in [9.17, 15) is 0 Å². The van der Waals surface area contributed by atoms with E-state index in [0.717, 1.165) is 35.8 Å². The molecular weight excluding hydrogens is 328 g/mol. The van der Waals surface area contributed by atoms with Crippen molar-refractivity contribution in [3.8, 4) is 11.5 Å². The molecule has 0 radical (unpaired) electrons. The highest BCUT2D eigenvalue weighted by Crippen LogP contribution is 2.17. The van der Waals surface area contributed by atoms with Crippen LogP contribution in [0.2, 0.25) is 0 Å². The van der Waals surface area contributed by atoms with Gasteiger partial charge in [-0.1, -0.05) is 49.6 Å². The van der Waals surface area contributed by atoms with Crippen molar-refractivity contribution in [2.45, 2.75) is 12.2 Å². The van der Waals surface area contributed by atoms with Gasteiger partial charge in [-0.25, -0.2) is 0 Å². The highest BCUT2D eigenvalue weighted by Gasteiger charge is 2.23. The van der Waals surface area contributed by atoms with Gasteiger partial charge in [-0.3, -0.25) is 0 Å². The van der Waals surface area contributed by atoms with Crippen LogP contribution < -0.4 is 9.47 Å². The Labute approximate surface area is 154 Å². The summed E-state index contributed by atoms with van der Waals surface area (Å²) in [5, 5.41) is 0. The summed E-state index contributed by atoms with van der Waals surface area (Å²) in [6.45, 7) is 10.4. The summed E-state index contributed by atoms with van der Waals surface area (Å²) in [5.74, 6) is 1.78. The maximum absolute atomic E-state index is 5.47. The van der Waals surface area contributed by atoms with E-state index in [2.05, 4.69) is 13.2 Å². The molecule has 0 amide bonds. The summed E-state index contributed by atoms with van der Waals surface area (Å²) >= 11 is 0. The molecule has 0 spiro atoms. The van der Waals surface area contributed by atoms with Crippen molar-refractivity contribution in [3.05, 3.63) is 72.8 Å². The first-order chi connectivity index (χ1) is 12.8. The Morgan fingerprint density at radius 1 is 0.731 bits per heavy atom. The first-order valence-corrected chi connectivity index (χ1v) is 8.70. The highest BCUT2D eigenvalue weighted by atomic mass is 16.6. The lowest BCUT2D eigenvalue weighted by Crippen LogP contribution is -2.03. The van der Waals surface area contributed by atoms with Gasteiger partial charge in [-0.2, -0.15) is 0 Å². The molecule has 2 aromatic carbocycles. The first-order valence-electron chi connectivity index (χ1n) is 8.70. The van der Waals surface area contributed by atoms with E-state index in [1.165, 1.54) is 0 Å². The third-order valence-electron chi connectivity index (χ3n) is 3.91. The molecule has 2 aromatic rings. The Balaban J connectivity index is 0.000000151. The van der Waals surface area contributed by atoms with Crippen molar-refractivity contribution in [2.75, 3.05) is 26.4 Å². The van der Waals surface area contributed by atoms with E-state index in [1.54, 1.807) is 0 Å². The molecule has 0 saturated carbocycles. The van der Waals surface area contributed by atoms with E-state index in [1.807, 2.05) is 60.7 Å². The molecule has 4 rings (SSSR count). The van der Waals surface area contributed by atoms with E-state index in [-0.39, 0.29) is 0 Å². The number of epoxide rings is 2. The quantitative estimate of drug-likeness (QED) is 0.668. The van der Waals surface area contributed by atoms with Gasteiger partial charge in [0.2, 0.25) is 0 Å². The van der Waals surface area contributed by atoms with Crippen molar-refractivity contribution < 1.29 is 18.9 Å². The Hall–Kier alpha value is -2.56. The second kappa shape index (κ2) is 9.22. The molecule has 0 bridgehead atoms. The number of ether oxygens (including phenoxy) is 4. The summed E-state index contributed by atoms with van der Waals surface area (Å²) in [7, 11) is 0. The van der Waals surface area contributed by atoms with E-state index >= 15 is 0 Å². The fourth-order valence-electron chi connectivity index (χ4n) is 2.11. The SMILES string of the molecule is C=Cc1ccc(OCC2CO2)cc1.C=Cc1ccc(OCC2CO2)cc1. The molecule has 0 aromatic heterocycles. The van der Waals surface area contributed by atoms with Gasteiger partial charge in [0.1, 0.15) is 36.9 Å². The minimum Gasteiger partial charge on any atom is -0.491 e. The van der Waals surface area contributed by atoms with Crippen LogP contribution in [-0.4, -0.2) is 38.6 Å². The molecule has 2 heterocycles. The van der Waals surface area contributed by atoms with Crippen LogP contribution in [0.5, 0.6) is 11.5 Å². The van der Waals surface area contributed by atoms with Gasteiger partial charge >= 0.3 is 0 Å². The van der Waals surface area contributed by atoms with Gasteiger partial charge < -0.3 is 18.9 Å². The monoisotopic (exact) mass is 352 g/mol. The predicted octanol–water partition coefficient (Wildman–Crippen LogP) is 4.21. The smallest absolute Gasteiger partial charge is 0.119 e. The average molecular weight is 352 g/mol. The lowest BCUT2D eigenvalue weighted by molar-refractivity contribution is 0.263. The Kier molecular flexibility index (Phi) is 6.47. The van der Waals surface area contributed by atoms with Crippen LogP contribution in [0, 0.1) is 0 Å². The highest BCUT2D eigenvalue weighted by molar-refractivity contribution is 5.48. The topological polar surface area (TPSA) is 43.5 Å². The first kappa shape index (κ1) is 18.2. The third kappa shape index (κ3) is 6.39. The van der Waals surface area contributed by atoms with Gasteiger partial charge in [-0.05, 0) is 35.4 Å². The minimum atomic E-state index is 0.319. The van der Waals surface area contributed by atoms with Crippen LogP contribution >= 0.6 is 0 Å². The summed E-state index contributed by atoms with van der Waals surface area (Å²) in [6, 6.07) is 15.7. The van der Waals surface area contributed by atoms with Crippen LogP contribution in [0.3, 0.4) is 0 Å². The van der Waals surface area contributed by atoms with Crippen LogP contribution in [0.1, 0.15) is 11.1 Å². The number of hydrogen-bond donors (Lipinski definition) is 0. The zero-order valence-corrected chi connectivity index (χ0v) is 14.8. The number of hydrogen-bond acceptors (Lipinski definition) is 4. The molecule has 136 valence electrons. The van der Waals surface area contributed by atoms with E-state index < -0.39 is 0 Å². The second-order valence-electron chi connectivity index (χ2n) is 6.08. The molecule has 2 aliphatic heterocycles. The molecule has 4 heteroatoms. The molecule has 26 heavy (non-hydrogen) atoms. The van der Waals surface area contributed by atoms with Crippen LogP contribution in [0.4, 0.5) is 0 Å². The van der Waals surface area contributed by atoms with Crippen LogP contribution in [0.25, 0.3) is 12.2 Å². The Bertz CT molecular complexity index is 634. The number of rotatable bonds is 8. The molecule has 0 aliphatic carbocycles. The van der Waals surface area contributed by atoms with Crippen molar-refractivity contribution >= 4 is 12.2 Å². The van der Waals surface area contributed by atoms with Crippen LogP contribution in [0.15, 0.2) is 61.7 Å². The molecule has 2 unspecified atom stereocenters. The lowest BCUT2D eigenvalue weighted by atomic mass is 10.2. The van der Waals surface area contributed by atoms with Gasteiger partial charge in [-0.15, -0.1) is 0 Å². The van der Waals surface area contributed by atoms with Gasteiger partial charge in [0.15, 0.2) is 0 Å². The molecule has 0 N–H and O–H groups in total. The van der Waals surface area contributed by atoms with Crippen LogP contribution in [-0.2, 0) is 9.47 Å². The minimum absolute atomic E-state index is 0.319. The van der Waals surface area contributed by atoms with Gasteiger partial charge in [0.25, 0.3) is 0 Å². The number of benzene rings is 2. The van der Waals surface area contributed by atoms with Crippen molar-refractivity contribution in [1.82, 2.24) is 0 Å². The van der Waals surface area contributed by atoms with Crippen molar-refractivity contribution in [3.63, 3.8) is 0 Å². The van der Waals surface area contributed by atoms with Gasteiger partial charge in [0, 0.05) is 0 Å². The largest absolute Gasteiger partial charge is 0.491 e. The fraction of sp³-hybridized carbons (Fsp3) is 0.273. The van der Waals surface area contributed by atoms with Crippen molar-refractivity contribution in [1.29, 1.82) is 0 Å². The Morgan fingerprint density at radius 3 is 1.35 bits per heavy atom. The normalized spacial score (nSPS) is 19.5. The Morgan fingerprint density at radius 2 is 1.08 bits per heavy atom. The zero-order valence-electron chi connectivity index (χ0n) is 14.8. The van der Waals surface area contributed by atoms with Gasteiger partial charge in [0.05, 0.1) is 13.2 Å². The lowest BCUT2D eigenvalue weighted by Gasteiger charge is -2.03. The molecule has 2 fully saturated rings. The van der Waals surface area contributed by atoms with E-state index in [4.69, 9.17) is 18.9 Å². The molecular formula is C22H24O4. The summed E-state index contributed by atoms with van der Waals surface area (Å²) in [5.41, 5.74) is 2.21. The maximum atomic E-state index is 5.47. The fourth-order valence-corrected chi connectivity index (χ4v) is 2.11. The molecule has 2 atom stereocenters. The van der Waals surface area contributed by atoms with E-state index in [0.29, 0.717) is 25.4 Å². The zero-order chi connectivity index (χ0) is 18.2. The summed E-state index contributed by atoms with van der Waals surface area (Å²) in [6.07, 6.45) is 4.26. The predicted molar refractivity (Wildman–Crippen MR) is 104 cm³/mol. The second-order valence-corrected chi connectivity index (χ2v) is 6.08. The van der Waals surface area contributed by atoms with Crippen molar-refractivity contribution in [2.24, 2.45) is 0 Å². The third-order valence-corrected chi connectivity index (χ3v) is 3.91. The average Bonchev–Trinajstić information content (AvgIpc) is 3.61. The standard InChI is InChI=1S/2C11H12O2/c2*1-2-9-3-5-10(6-4-9)12-7-11-8-13-11/h2*2-6,11H,1,7-8H2. The summed E-state index contributed by atoms with van der Waals surface area (Å²) < 4.78 is 21.0. The molecule has 4 nitrogen and oxygen atoms in total. The summed E-state index contributed by atoms with van der Waals surface area (Å²) in [4.78, 5) is 0. The molecule has 2 aliphatic rings. The molecule has 2 saturated heterocycles. The maximum Gasteiger partial charge on any atom is 0.119 e.